The first-order valence-corrected chi connectivity index (χ1v) is 9.59. The smallest absolute Gasteiger partial charge is 0.317 e. The van der Waals surface area contributed by atoms with Crippen LogP contribution in [0, 0.1) is 11.3 Å². The molecule has 3 unspecified atom stereocenters. The average Bonchev–Trinajstić information content (AvgIpc) is 2.77. The molecule has 0 aromatic carbocycles. The Morgan fingerprint density at radius 3 is 2.65 bits per heavy atom. The molecule has 0 aromatic rings. The fourth-order valence-electron chi connectivity index (χ4n) is 4.20. The number of hydrogen-bond donors (Lipinski definition) is 1. The van der Waals surface area contributed by atoms with Crippen molar-refractivity contribution in [3.05, 3.63) is 0 Å². The van der Waals surface area contributed by atoms with E-state index < -0.39 is 0 Å². The Balaban J connectivity index is 1.91. The summed E-state index contributed by atoms with van der Waals surface area (Å²) >= 11 is 0. The fourth-order valence-corrected chi connectivity index (χ4v) is 4.20. The van der Waals surface area contributed by atoms with Crippen LogP contribution in [0.3, 0.4) is 0 Å². The van der Waals surface area contributed by atoms with Crippen molar-refractivity contribution in [3.63, 3.8) is 0 Å². The second-order valence-electron chi connectivity index (χ2n) is 8.35. The molecule has 2 amide bonds. The van der Waals surface area contributed by atoms with Crippen LogP contribution in [0.1, 0.15) is 72.6 Å². The summed E-state index contributed by atoms with van der Waals surface area (Å²) in [7, 11) is 0. The molecule has 2 rings (SSSR count). The van der Waals surface area contributed by atoms with Crippen molar-refractivity contribution in [3.8, 4) is 0 Å². The van der Waals surface area contributed by atoms with Crippen LogP contribution in [0.5, 0.6) is 0 Å². The molecule has 4 nitrogen and oxygen atoms in total. The Hall–Kier alpha value is -0.770. The quantitative estimate of drug-likeness (QED) is 0.845. The van der Waals surface area contributed by atoms with Crippen molar-refractivity contribution in [1.29, 1.82) is 0 Å². The predicted octanol–water partition coefficient (Wildman–Crippen LogP) is 4.19. The van der Waals surface area contributed by atoms with E-state index in [0.29, 0.717) is 12.0 Å². The predicted molar refractivity (Wildman–Crippen MR) is 94.6 cm³/mol. The maximum atomic E-state index is 12.7. The molecule has 4 heteroatoms. The number of hydrogen-bond acceptors (Lipinski definition) is 2. The van der Waals surface area contributed by atoms with Gasteiger partial charge in [0.2, 0.25) is 0 Å². The van der Waals surface area contributed by atoms with Crippen molar-refractivity contribution in [2.24, 2.45) is 11.3 Å². The zero-order chi connectivity index (χ0) is 16.9. The fraction of sp³-hybridized carbons (Fsp3) is 0.947. The molecule has 0 aromatic heterocycles. The van der Waals surface area contributed by atoms with E-state index >= 15 is 0 Å². The molecular weight excluding hydrogens is 288 g/mol. The Morgan fingerprint density at radius 1 is 1.17 bits per heavy atom. The van der Waals surface area contributed by atoms with E-state index in [2.05, 4.69) is 37.9 Å². The van der Waals surface area contributed by atoms with Gasteiger partial charge in [-0.25, -0.2) is 4.79 Å². The number of amides is 2. The van der Waals surface area contributed by atoms with E-state index in [1.165, 1.54) is 12.8 Å². The molecule has 1 N–H and O–H groups in total. The first-order valence-electron chi connectivity index (χ1n) is 9.59. The van der Waals surface area contributed by atoms with Gasteiger partial charge in [0.05, 0.1) is 6.10 Å². The minimum atomic E-state index is 0.129. The van der Waals surface area contributed by atoms with Crippen LogP contribution in [0.4, 0.5) is 4.79 Å². The molecule has 0 saturated carbocycles. The average molecular weight is 325 g/mol. The first-order chi connectivity index (χ1) is 10.9. The van der Waals surface area contributed by atoms with Crippen LogP contribution in [0.25, 0.3) is 0 Å². The number of carbonyl (C=O) groups is 1. The van der Waals surface area contributed by atoms with E-state index in [0.717, 1.165) is 51.8 Å². The lowest BCUT2D eigenvalue weighted by atomic mass is 9.78. The van der Waals surface area contributed by atoms with Gasteiger partial charge in [-0.2, -0.15) is 0 Å². The molecular formula is C19H36N2O2. The van der Waals surface area contributed by atoms with Crippen molar-refractivity contribution in [2.75, 3.05) is 19.7 Å². The number of likely N-dealkylation sites (tertiary alicyclic amines) is 1. The second kappa shape index (κ2) is 8.36. The van der Waals surface area contributed by atoms with Crippen LogP contribution in [-0.4, -0.2) is 42.8 Å². The molecule has 2 aliphatic heterocycles. The summed E-state index contributed by atoms with van der Waals surface area (Å²) in [5.74, 6) is 0.430. The maximum Gasteiger partial charge on any atom is 0.317 e. The lowest BCUT2D eigenvalue weighted by molar-refractivity contribution is -0.0839. The third-order valence-electron chi connectivity index (χ3n) is 5.42. The van der Waals surface area contributed by atoms with Crippen molar-refractivity contribution < 1.29 is 9.53 Å². The monoisotopic (exact) mass is 324 g/mol. The number of ether oxygens (including phenoxy) is 1. The van der Waals surface area contributed by atoms with Gasteiger partial charge in [0.1, 0.15) is 0 Å². The highest BCUT2D eigenvalue weighted by Gasteiger charge is 2.36. The van der Waals surface area contributed by atoms with Crippen LogP contribution in [0.15, 0.2) is 0 Å². The van der Waals surface area contributed by atoms with E-state index in [-0.39, 0.29) is 17.6 Å². The summed E-state index contributed by atoms with van der Waals surface area (Å²) in [5, 5.41) is 3.22. The summed E-state index contributed by atoms with van der Waals surface area (Å²) in [6, 6.07) is 0.551. The van der Waals surface area contributed by atoms with Crippen molar-refractivity contribution in [2.45, 2.75) is 84.8 Å². The molecule has 0 aliphatic carbocycles. The number of urea groups is 1. The Kier molecular flexibility index (Phi) is 6.75. The van der Waals surface area contributed by atoms with Gasteiger partial charge in [0.25, 0.3) is 0 Å². The third-order valence-corrected chi connectivity index (χ3v) is 5.42. The van der Waals surface area contributed by atoms with E-state index in [4.69, 9.17) is 4.74 Å². The zero-order valence-electron chi connectivity index (χ0n) is 15.6. The summed E-state index contributed by atoms with van der Waals surface area (Å²) in [6.07, 6.45) is 8.36. The lowest BCUT2D eigenvalue weighted by Crippen LogP contribution is -2.50. The Bertz CT molecular complexity index is 378. The van der Waals surface area contributed by atoms with E-state index in [9.17, 15) is 4.79 Å². The molecule has 0 radical (unpaired) electrons. The first kappa shape index (κ1) is 18.6. The standard InChI is InChI=1S/C19H36N2O2/c1-5-16-11-7-6-8-12-21(16)18(22)20-14-15-10-9-13-23-17(15)19(2,3)4/h15-17H,5-14H2,1-4H3,(H,20,22). The lowest BCUT2D eigenvalue weighted by Gasteiger charge is -2.40. The second-order valence-corrected chi connectivity index (χ2v) is 8.35. The summed E-state index contributed by atoms with van der Waals surface area (Å²) < 4.78 is 6.03. The summed E-state index contributed by atoms with van der Waals surface area (Å²) in [6.45, 7) is 11.4. The molecule has 2 aliphatic rings. The number of rotatable bonds is 3. The van der Waals surface area contributed by atoms with Gasteiger partial charge in [-0.3, -0.25) is 0 Å². The highest BCUT2D eigenvalue weighted by Crippen LogP contribution is 2.33. The number of nitrogens with zero attached hydrogens (tertiary/aromatic N) is 1. The van der Waals surface area contributed by atoms with Crippen molar-refractivity contribution >= 4 is 6.03 Å². The zero-order valence-corrected chi connectivity index (χ0v) is 15.6. The molecule has 0 bridgehead atoms. The highest BCUT2D eigenvalue weighted by atomic mass is 16.5. The SMILES string of the molecule is CCC1CCCCCN1C(=O)NCC1CCCOC1C(C)(C)C. The molecule has 2 fully saturated rings. The van der Waals surface area contributed by atoms with E-state index in [1.54, 1.807) is 0 Å². The Morgan fingerprint density at radius 2 is 1.96 bits per heavy atom. The molecule has 2 heterocycles. The maximum absolute atomic E-state index is 12.7. The minimum Gasteiger partial charge on any atom is -0.377 e. The molecule has 23 heavy (non-hydrogen) atoms. The van der Waals surface area contributed by atoms with Crippen LogP contribution < -0.4 is 5.32 Å². The minimum absolute atomic E-state index is 0.129. The topological polar surface area (TPSA) is 41.6 Å². The van der Waals surface area contributed by atoms with Gasteiger partial charge in [-0.05, 0) is 37.5 Å². The van der Waals surface area contributed by atoms with Crippen LogP contribution >= 0.6 is 0 Å². The normalized spacial score (nSPS) is 29.9. The van der Waals surface area contributed by atoms with Crippen molar-refractivity contribution in [1.82, 2.24) is 10.2 Å². The highest BCUT2D eigenvalue weighted by molar-refractivity contribution is 5.74. The number of nitrogens with one attached hydrogen (secondary N) is 1. The van der Waals surface area contributed by atoms with Gasteiger partial charge in [0, 0.05) is 31.7 Å². The Labute approximate surface area is 142 Å². The van der Waals surface area contributed by atoms with Crippen LogP contribution in [0.2, 0.25) is 0 Å². The van der Waals surface area contributed by atoms with Gasteiger partial charge in [-0.1, -0.05) is 40.5 Å². The van der Waals surface area contributed by atoms with Gasteiger partial charge in [0.15, 0.2) is 0 Å². The largest absolute Gasteiger partial charge is 0.377 e. The summed E-state index contributed by atoms with van der Waals surface area (Å²) in [5.41, 5.74) is 0.129. The molecule has 0 spiro atoms. The third kappa shape index (κ3) is 5.10. The molecule has 134 valence electrons. The molecule has 3 atom stereocenters. The number of carbonyl (C=O) groups excluding carboxylic acids is 1. The van der Waals surface area contributed by atoms with Gasteiger partial charge in [-0.15, -0.1) is 0 Å². The molecule has 2 saturated heterocycles. The van der Waals surface area contributed by atoms with Gasteiger partial charge >= 0.3 is 6.03 Å². The van der Waals surface area contributed by atoms with Crippen LogP contribution in [-0.2, 0) is 4.74 Å². The van der Waals surface area contributed by atoms with E-state index in [1.807, 2.05) is 0 Å². The summed E-state index contributed by atoms with van der Waals surface area (Å²) in [4.78, 5) is 14.8. The van der Waals surface area contributed by atoms with Gasteiger partial charge < -0.3 is 15.0 Å².